The molecule has 2 heterocycles. The molecule has 1 aliphatic heterocycles. The van der Waals surface area contributed by atoms with E-state index in [9.17, 15) is 24.8 Å². The molecular weight excluding hydrogens is 318 g/mol. The summed E-state index contributed by atoms with van der Waals surface area (Å²) in [5.74, 6) is -0.464. The average molecular weight is 331 g/mol. The van der Waals surface area contributed by atoms with Crippen LogP contribution in [0.5, 0.6) is 5.88 Å². The molecule has 24 heavy (non-hydrogen) atoms. The van der Waals surface area contributed by atoms with Gasteiger partial charge >= 0.3 is 5.69 Å². The molecule has 2 aromatic rings. The van der Waals surface area contributed by atoms with Crippen molar-refractivity contribution in [1.29, 1.82) is 0 Å². The van der Waals surface area contributed by atoms with E-state index >= 15 is 0 Å². The molecule has 10 heteroatoms. The van der Waals surface area contributed by atoms with Crippen LogP contribution in [0.3, 0.4) is 0 Å². The second kappa shape index (κ2) is 5.65. The van der Waals surface area contributed by atoms with Crippen molar-refractivity contribution in [3.63, 3.8) is 0 Å². The summed E-state index contributed by atoms with van der Waals surface area (Å²) in [6.45, 7) is 0. The van der Waals surface area contributed by atoms with Crippen molar-refractivity contribution >= 4 is 11.4 Å². The highest BCUT2D eigenvalue weighted by Crippen LogP contribution is 2.26. The number of hydrogen-bond donors (Lipinski definition) is 3. The van der Waals surface area contributed by atoms with Gasteiger partial charge in [0, 0.05) is 25.6 Å². The van der Waals surface area contributed by atoms with Gasteiger partial charge in [-0.2, -0.15) is 5.10 Å². The Morgan fingerprint density at radius 3 is 2.62 bits per heavy atom. The van der Waals surface area contributed by atoms with Crippen LogP contribution >= 0.6 is 0 Å². The Hall–Kier alpha value is -3.43. The Morgan fingerprint density at radius 2 is 2.00 bits per heavy atom. The minimum absolute atomic E-state index is 0.0231. The highest BCUT2D eigenvalue weighted by molar-refractivity contribution is 6.03. The zero-order chi connectivity index (χ0) is 17.4. The lowest BCUT2D eigenvalue weighted by molar-refractivity contribution is -0.384. The van der Waals surface area contributed by atoms with Gasteiger partial charge in [-0.25, -0.2) is 4.79 Å². The van der Waals surface area contributed by atoms with E-state index in [0.717, 1.165) is 10.1 Å². The van der Waals surface area contributed by atoms with Gasteiger partial charge in [-0.3, -0.25) is 24.5 Å². The van der Waals surface area contributed by atoms with Gasteiger partial charge in [-0.15, -0.1) is 0 Å². The monoisotopic (exact) mass is 331 g/mol. The van der Waals surface area contributed by atoms with E-state index in [1.54, 1.807) is 12.1 Å². The Bertz CT molecular complexity index is 957. The number of benzene rings is 1. The molecule has 1 unspecified atom stereocenters. The lowest BCUT2D eigenvalue weighted by atomic mass is 10.00. The lowest BCUT2D eigenvalue weighted by Crippen LogP contribution is -2.32. The third-order valence-electron chi connectivity index (χ3n) is 3.84. The summed E-state index contributed by atoms with van der Waals surface area (Å²) in [5.41, 5.74) is 2.33. The predicted molar refractivity (Wildman–Crippen MR) is 84.1 cm³/mol. The highest BCUT2D eigenvalue weighted by Gasteiger charge is 2.26. The maximum atomic E-state index is 12.0. The topological polar surface area (TPSA) is 143 Å². The number of H-pyrrole nitrogens is 1. The third-order valence-corrected chi connectivity index (χ3v) is 3.84. The van der Waals surface area contributed by atoms with Crippen LogP contribution in [0, 0.1) is 10.1 Å². The van der Waals surface area contributed by atoms with Crippen LogP contribution in [0.15, 0.2) is 39.0 Å². The largest absolute Gasteiger partial charge is 0.494 e. The van der Waals surface area contributed by atoms with Gasteiger partial charge in [-0.1, -0.05) is 12.1 Å². The first kappa shape index (κ1) is 15.5. The zero-order valence-corrected chi connectivity index (χ0v) is 12.5. The SMILES string of the molecule is Cn1c(O)c(C2=NNC(c3ccc([N+](=O)[O-])cc3)C2)c(=O)[nH]c1=O. The van der Waals surface area contributed by atoms with Crippen molar-refractivity contribution in [1.82, 2.24) is 15.0 Å². The molecule has 3 N–H and O–H groups in total. The molecule has 3 rings (SSSR count). The quantitative estimate of drug-likeness (QED) is 0.539. The van der Waals surface area contributed by atoms with E-state index in [-0.39, 0.29) is 23.7 Å². The summed E-state index contributed by atoms with van der Waals surface area (Å²) >= 11 is 0. The van der Waals surface area contributed by atoms with Gasteiger partial charge in [0.15, 0.2) is 0 Å². The number of rotatable bonds is 3. The fourth-order valence-corrected chi connectivity index (χ4v) is 2.49. The van der Waals surface area contributed by atoms with Gasteiger partial charge in [0.25, 0.3) is 11.2 Å². The number of nitrogens with one attached hydrogen (secondary N) is 2. The van der Waals surface area contributed by atoms with Crippen molar-refractivity contribution in [2.24, 2.45) is 12.1 Å². The van der Waals surface area contributed by atoms with Crippen molar-refractivity contribution in [2.75, 3.05) is 0 Å². The number of hydrogen-bond acceptors (Lipinski definition) is 7. The minimum atomic E-state index is -0.722. The molecule has 0 aliphatic carbocycles. The molecule has 1 atom stereocenters. The second-order valence-corrected chi connectivity index (χ2v) is 5.31. The summed E-state index contributed by atoms with van der Waals surface area (Å²) in [7, 11) is 1.33. The molecule has 0 fully saturated rings. The molecule has 10 nitrogen and oxygen atoms in total. The molecule has 0 spiro atoms. The van der Waals surface area contributed by atoms with Crippen molar-refractivity contribution in [3.8, 4) is 5.88 Å². The minimum Gasteiger partial charge on any atom is -0.494 e. The molecular formula is C14H13N5O5. The van der Waals surface area contributed by atoms with Gasteiger partial charge in [0.2, 0.25) is 5.88 Å². The van der Waals surface area contributed by atoms with Crippen LogP contribution < -0.4 is 16.7 Å². The zero-order valence-electron chi connectivity index (χ0n) is 12.5. The number of nitro benzene ring substituents is 1. The van der Waals surface area contributed by atoms with E-state index in [1.807, 2.05) is 0 Å². The number of nitrogens with zero attached hydrogens (tertiary/aromatic N) is 3. The summed E-state index contributed by atoms with van der Waals surface area (Å²) < 4.78 is 0.915. The molecule has 0 amide bonds. The average Bonchev–Trinajstić information content (AvgIpc) is 3.02. The maximum Gasteiger partial charge on any atom is 0.330 e. The fraction of sp³-hybridized carbons (Fsp3) is 0.214. The first-order valence-corrected chi connectivity index (χ1v) is 6.97. The van der Waals surface area contributed by atoms with Gasteiger partial charge < -0.3 is 10.5 Å². The van der Waals surface area contributed by atoms with E-state index < -0.39 is 22.1 Å². The summed E-state index contributed by atoms with van der Waals surface area (Å²) in [6.07, 6.45) is 0.284. The fourth-order valence-electron chi connectivity index (χ4n) is 2.49. The van der Waals surface area contributed by atoms with E-state index in [0.29, 0.717) is 5.71 Å². The van der Waals surface area contributed by atoms with Crippen LogP contribution in [-0.2, 0) is 7.05 Å². The molecule has 1 aromatic heterocycles. The van der Waals surface area contributed by atoms with E-state index in [4.69, 9.17) is 0 Å². The summed E-state index contributed by atoms with van der Waals surface area (Å²) in [5, 5.41) is 24.8. The Kier molecular flexibility index (Phi) is 3.64. The van der Waals surface area contributed by atoms with Crippen LogP contribution in [0.25, 0.3) is 0 Å². The molecule has 1 aliphatic rings. The van der Waals surface area contributed by atoms with Crippen molar-refractivity contribution in [3.05, 3.63) is 66.3 Å². The molecule has 124 valence electrons. The molecule has 0 saturated carbocycles. The smallest absolute Gasteiger partial charge is 0.330 e. The van der Waals surface area contributed by atoms with Crippen LogP contribution in [-0.4, -0.2) is 25.3 Å². The van der Waals surface area contributed by atoms with Crippen molar-refractivity contribution in [2.45, 2.75) is 12.5 Å². The van der Waals surface area contributed by atoms with Crippen LogP contribution in [0.2, 0.25) is 0 Å². The Labute approximate surface area is 134 Å². The van der Waals surface area contributed by atoms with E-state index in [1.165, 1.54) is 19.2 Å². The van der Waals surface area contributed by atoms with Gasteiger partial charge in [0.1, 0.15) is 5.56 Å². The van der Waals surface area contributed by atoms with E-state index in [2.05, 4.69) is 15.5 Å². The van der Waals surface area contributed by atoms with Gasteiger partial charge in [-0.05, 0) is 5.56 Å². The predicted octanol–water partition coefficient (Wildman–Crippen LogP) is 0.126. The Balaban J connectivity index is 1.88. The number of non-ortho nitro benzene ring substituents is 1. The van der Waals surface area contributed by atoms with Crippen molar-refractivity contribution < 1.29 is 10.0 Å². The Morgan fingerprint density at radius 1 is 1.33 bits per heavy atom. The lowest BCUT2D eigenvalue weighted by Gasteiger charge is -2.10. The standard InChI is InChI=1S/C14H13N5O5/c1-18-13(21)11(12(20)15-14(18)22)10-6-9(16-17-10)7-2-4-8(5-3-7)19(23)24/h2-5,9,16,21H,6H2,1H3,(H,15,20,22). The molecule has 0 bridgehead atoms. The maximum absolute atomic E-state index is 12.0. The normalized spacial score (nSPS) is 16.5. The molecule has 0 saturated heterocycles. The third kappa shape index (κ3) is 2.53. The summed E-state index contributed by atoms with van der Waals surface area (Å²) in [6, 6.07) is 5.66. The number of aromatic nitrogens is 2. The second-order valence-electron chi connectivity index (χ2n) is 5.31. The number of hydrazone groups is 1. The van der Waals surface area contributed by atoms with Crippen LogP contribution in [0.1, 0.15) is 23.6 Å². The van der Waals surface area contributed by atoms with Gasteiger partial charge in [0.05, 0.1) is 16.7 Å². The first-order chi connectivity index (χ1) is 11.4. The molecule has 0 radical (unpaired) electrons. The van der Waals surface area contributed by atoms with Crippen LogP contribution in [0.4, 0.5) is 5.69 Å². The number of aromatic hydroxyl groups is 1. The number of aromatic amines is 1. The molecule has 1 aromatic carbocycles. The first-order valence-electron chi connectivity index (χ1n) is 6.97. The number of nitro groups is 1. The highest BCUT2D eigenvalue weighted by atomic mass is 16.6. The summed E-state index contributed by atoms with van der Waals surface area (Å²) in [4.78, 5) is 35.7.